The van der Waals surface area contributed by atoms with Crippen LogP contribution >= 0.6 is 11.6 Å². The average Bonchev–Trinajstić information content (AvgIpc) is 3.11. The molecule has 5 nitrogen and oxygen atoms in total. The van der Waals surface area contributed by atoms with Crippen LogP contribution in [0.25, 0.3) is 16.7 Å². The molecule has 0 aliphatic carbocycles. The Balaban J connectivity index is 1.64. The fourth-order valence-corrected chi connectivity index (χ4v) is 3.33. The first kappa shape index (κ1) is 19.2. The number of aromatic nitrogens is 3. The van der Waals surface area contributed by atoms with Gasteiger partial charge >= 0.3 is 0 Å². The van der Waals surface area contributed by atoms with Crippen molar-refractivity contribution >= 4 is 34.2 Å². The lowest BCUT2D eigenvalue weighted by Gasteiger charge is -2.08. The minimum absolute atomic E-state index is 0.216. The number of carbonyl (C=O) groups is 1. The second-order valence-electron chi connectivity index (χ2n) is 7.36. The second-order valence-corrected chi connectivity index (χ2v) is 7.79. The third kappa shape index (κ3) is 4.00. The van der Waals surface area contributed by atoms with Gasteiger partial charge in [-0.15, -0.1) is 10.2 Å². The largest absolute Gasteiger partial charge is 0.322 e. The van der Waals surface area contributed by atoms with E-state index in [-0.39, 0.29) is 5.91 Å². The maximum atomic E-state index is 12.6. The second kappa shape index (κ2) is 7.68. The molecular weight excluding hydrogens is 384 g/mol. The van der Waals surface area contributed by atoms with Gasteiger partial charge in [-0.05, 0) is 66.4 Å². The van der Waals surface area contributed by atoms with Crippen molar-refractivity contribution < 1.29 is 4.79 Å². The van der Waals surface area contributed by atoms with Crippen LogP contribution < -0.4 is 5.32 Å². The maximum Gasteiger partial charge on any atom is 0.255 e. The van der Waals surface area contributed by atoms with Crippen molar-refractivity contribution in [3.05, 3.63) is 82.4 Å². The van der Waals surface area contributed by atoms with Gasteiger partial charge in [-0.25, -0.2) is 0 Å². The SMILES string of the molecule is Cc1cc2nn(-c3ccc(C(C)C)cc3)nc2cc1NC(=O)c1cccc(Cl)c1. The van der Waals surface area contributed by atoms with E-state index in [0.717, 1.165) is 16.8 Å². The third-order valence-corrected chi connectivity index (χ3v) is 5.09. The Labute approximate surface area is 174 Å². The molecule has 4 aromatic rings. The number of carbonyl (C=O) groups excluding carboxylic acids is 1. The van der Waals surface area contributed by atoms with E-state index >= 15 is 0 Å². The molecule has 0 aliphatic rings. The molecule has 0 bridgehead atoms. The summed E-state index contributed by atoms with van der Waals surface area (Å²) in [5.74, 6) is 0.258. The van der Waals surface area contributed by atoms with Crippen LogP contribution in [0.5, 0.6) is 0 Å². The van der Waals surface area contributed by atoms with E-state index in [9.17, 15) is 4.79 Å². The molecule has 0 atom stereocenters. The molecule has 1 amide bonds. The fraction of sp³-hybridized carbons (Fsp3) is 0.174. The van der Waals surface area contributed by atoms with Crippen molar-refractivity contribution in [1.29, 1.82) is 0 Å². The zero-order chi connectivity index (χ0) is 20.5. The Morgan fingerprint density at radius 2 is 1.69 bits per heavy atom. The predicted molar refractivity (Wildman–Crippen MR) is 117 cm³/mol. The van der Waals surface area contributed by atoms with Gasteiger partial charge in [0.15, 0.2) is 0 Å². The first-order chi connectivity index (χ1) is 13.9. The highest BCUT2D eigenvalue weighted by Crippen LogP contribution is 2.24. The van der Waals surface area contributed by atoms with E-state index in [0.29, 0.717) is 27.7 Å². The summed E-state index contributed by atoms with van der Waals surface area (Å²) in [6, 6.07) is 18.9. The fourth-order valence-electron chi connectivity index (χ4n) is 3.13. The minimum atomic E-state index is -0.216. The van der Waals surface area contributed by atoms with Crippen LogP contribution in [0.15, 0.2) is 60.7 Å². The zero-order valence-electron chi connectivity index (χ0n) is 16.5. The smallest absolute Gasteiger partial charge is 0.255 e. The minimum Gasteiger partial charge on any atom is -0.322 e. The third-order valence-electron chi connectivity index (χ3n) is 4.85. The first-order valence-corrected chi connectivity index (χ1v) is 9.83. The van der Waals surface area contributed by atoms with E-state index in [1.807, 2.05) is 31.2 Å². The molecule has 1 N–H and O–H groups in total. The van der Waals surface area contributed by atoms with Crippen LogP contribution in [-0.4, -0.2) is 20.9 Å². The van der Waals surface area contributed by atoms with Crippen LogP contribution in [-0.2, 0) is 0 Å². The molecule has 3 aromatic carbocycles. The van der Waals surface area contributed by atoms with Crippen molar-refractivity contribution in [2.45, 2.75) is 26.7 Å². The van der Waals surface area contributed by atoms with E-state index in [4.69, 9.17) is 11.6 Å². The van der Waals surface area contributed by atoms with Gasteiger partial charge in [-0.1, -0.05) is 43.6 Å². The van der Waals surface area contributed by atoms with Crippen LogP contribution in [0.3, 0.4) is 0 Å². The zero-order valence-corrected chi connectivity index (χ0v) is 17.2. The summed E-state index contributed by atoms with van der Waals surface area (Å²) in [6.45, 7) is 6.26. The highest BCUT2D eigenvalue weighted by molar-refractivity contribution is 6.31. The van der Waals surface area contributed by atoms with Crippen LogP contribution in [0, 0.1) is 6.92 Å². The molecular formula is C23H21ClN4O. The van der Waals surface area contributed by atoms with Gasteiger partial charge in [0.2, 0.25) is 0 Å². The summed E-state index contributed by atoms with van der Waals surface area (Å²) in [4.78, 5) is 14.2. The Bertz CT molecular complexity index is 1200. The molecule has 0 saturated carbocycles. The molecule has 29 heavy (non-hydrogen) atoms. The van der Waals surface area contributed by atoms with Crippen molar-refractivity contribution in [3.63, 3.8) is 0 Å². The first-order valence-electron chi connectivity index (χ1n) is 9.45. The molecule has 4 rings (SSSR count). The molecule has 0 radical (unpaired) electrons. The topological polar surface area (TPSA) is 59.8 Å². The van der Waals surface area contributed by atoms with Gasteiger partial charge < -0.3 is 5.32 Å². The Hall–Kier alpha value is -3.18. The van der Waals surface area contributed by atoms with Crippen LogP contribution in [0.2, 0.25) is 5.02 Å². The molecule has 6 heteroatoms. The highest BCUT2D eigenvalue weighted by atomic mass is 35.5. The van der Waals surface area contributed by atoms with Crippen molar-refractivity contribution in [2.24, 2.45) is 0 Å². The van der Waals surface area contributed by atoms with Gasteiger partial charge in [0.25, 0.3) is 5.91 Å². The van der Waals surface area contributed by atoms with Crippen molar-refractivity contribution in [1.82, 2.24) is 15.0 Å². The molecule has 0 saturated heterocycles. The van der Waals surface area contributed by atoms with Crippen LogP contribution in [0.4, 0.5) is 5.69 Å². The summed E-state index contributed by atoms with van der Waals surface area (Å²) in [5.41, 5.74) is 5.77. The summed E-state index contributed by atoms with van der Waals surface area (Å²) < 4.78 is 0. The van der Waals surface area contributed by atoms with Gasteiger partial charge in [-0.3, -0.25) is 4.79 Å². The number of benzene rings is 3. The molecule has 0 fully saturated rings. The highest BCUT2D eigenvalue weighted by Gasteiger charge is 2.12. The summed E-state index contributed by atoms with van der Waals surface area (Å²) in [7, 11) is 0. The van der Waals surface area contributed by atoms with Crippen LogP contribution in [0.1, 0.15) is 41.3 Å². The average molecular weight is 405 g/mol. The number of hydrogen-bond donors (Lipinski definition) is 1. The normalized spacial score (nSPS) is 11.2. The number of amides is 1. The maximum absolute atomic E-state index is 12.6. The molecule has 146 valence electrons. The monoisotopic (exact) mass is 404 g/mol. The lowest BCUT2D eigenvalue weighted by Crippen LogP contribution is -2.12. The molecule has 0 aliphatic heterocycles. The Kier molecular flexibility index (Phi) is 5.07. The standard InChI is InChI=1S/C23H21ClN4O/c1-14(2)16-7-9-19(10-8-16)28-26-21-11-15(3)20(13-22(21)27-28)25-23(29)17-5-4-6-18(24)12-17/h4-14H,1-3H3,(H,25,29). The quantitative estimate of drug-likeness (QED) is 0.470. The molecule has 1 aromatic heterocycles. The molecule has 1 heterocycles. The number of hydrogen-bond acceptors (Lipinski definition) is 3. The van der Waals surface area contributed by atoms with Crippen molar-refractivity contribution in [3.8, 4) is 5.69 Å². The summed E-state index contributed by atoms with van der Waals surface area (Å²) in [6.07, 6.45) is 0. The predicted octanol–water partition coefficient (Wildman–Crippen LogP) is 5.76. The van der Waals surface area contributed by atoms with Gasteiger partial charge in [0, 0.05) is 16.3 Å². The number of fused-ring (bicyclic) bond motifs is 1. The molecule has 0 unspecified atom stereocenters. The number of halogens is 1. The van der Waals surface area contributed by atoms with E-state index < -0.39 is 0 Å². The number of anilines is 1. The number of nitrogens with zero attached hydrogens (tertiary/aromatic N) is 3. The Morgan fingerprint density at radius 1 is 1.00 bits per heavy atom. The Morgan fingerprint density at radius 3 is 2.34 bits per heavy atom. The van der Waals surface area contributed by atoms with E-state index in [1.54, 1.807) is 29.1 Å². The van der Waals surface area contributed by atoms with Gasteiger partial charge in [0.05, 0.1) is 5.69 Å². The van der Waals surface area contributed by atoms with Gasteiger partial charge in [-0.2, -0.15) is 4.80 Å². The lowest BCUT2D eigenvalue weighted by molar-refractivity contribution is 0.102. The summed E-state index contributed by atoms with van der Waals surface area (Å²) >= 11 is 5.99. The lowest BCUT2D eigenvalue weighted by atomic mass is 10.0. The van der Waals surface area contributed by atoms with E-state index in [1.165, 1.54) is 5.56 Å². The summed E-state index contributed by atoms with van der Waals surface area (Å²) in [5, 5.41) is 12.6. The number of nitrogens with one attached hydrogen (secondary N) is 1. The van der Waals surface area contributed by atoms with Gasteiger partial charge in [0.1, 0.15) is 11.0 Å². The number of rotatable bonds is 4. The molecule has 0 spiro atoms. The van der Waals surface area contributed by atoms with E-state index in [2.05, 4.69) is 41.5 Å². The van der Waals surface area contributed by atoms with Crippen molar-refractivity contribution in [2.75, 3.05) is 5.32 Å². The number of aryl methyl sites for hydroxylation is 1.